The van der Waals surface area contributed by atoms with Crippen LogP contribution in [0.2, 0.25) is 5.02 Å². The van der Waals surface area contributed by atoms with Crippen molar-refractivity contribution in [2.24, 2.45) is 5.41 Å². The highest BCUT2D eigenvalue weighted by atomic mass is 35.5. The van der Waals surface area contributed by atoms with Crippen LogP contribution in [0.3, 0.4) is 0 Å². The predicted molar refractivity (Wildman–Crippen MR) is 72.5 cm³/mol. The van der Waals surface area contributed by atoms with E-state index in [4.69, 9.17) is 23.2 Å². The predicted octanol–water partition coefficient (Wildman–Crippen LogP) is 3.18. The third-order valence-electron chi connectivity index (χ3n) is 3.40. The Morgan fingerprint density at radius 2 is 2.17 bits per heavy atom. The quantitative estimate of drug-likeness (QED) is 0.817. The van der Waals surface area contributed by atoms with Gasteiger partial charge >= 0.3 is 0 Å². The van der Waals surface area contributed by atoms with E-state index in [1.54, 1.807) is 0 Å². The normalized spacial score (nSPS) is 16.3. The van der Waals surface area contributed by atoms with Crippen LogP contribution in [0.25, 0.3) is 0 Å². The molecule has 0 spiro atoms. The molecule has 0 atom stereocenters. The van der Waals surface area contributed by atoms with Gasteiger partial charge in [-0.1, -0.05) is 11.6 Å². The second-order valence-electron chi connectivity index (χ2n) is 4.79. The first-order valence-corrected chi connectivity index (χ1v) is 6.80. The third-order valence-corrected chi connectivity index (χ3v) is 3.92. The summed E-state index contributed by atoms with van der Waals surface area (Å²) in [6.07, 6.45) is 3.13. The standard InChI is InChI=1S/C13H15Cl2NO2/c14-6-5-13(3-4-13)8-16-12(18)10-7-9(17)1-2-11(10)15/h1-2,7,17H,3-6,8H2,(H,16,18). The van der Waals surface area contributed by atoms with Crippen molar-refractivity contribution in [2.45, 2.75) is 19.3 Å². The highest BCUT2D eigenvalue weighted by Crippen LogP contribution is 2.48. The average molecular weight is 288 g/mol. The molecule has 1 fully saturated rings. The van der Waals surface area contributed by atoms with E-state index < -0.39 is 0 Å². The Labute approximate surface area is 116 Å². The minimum atomic E-state index is -0.253. The molecule has 0 saturated heterocycles. The molecule has 0 radical (unpaired) electrons. The number of carbonyl (C=O) groups is 1. The molecule has 0 aromatic heterocycles. The summed E-state index contributed by atoms with van der Waals surface area (Å²) in [5.41, 5.74) is 0.485. The molecule has 1 aliphatic rings. The topological polar surface area (TPSA) is 49.3 Å². The lowest BCUT2D eigenvalue weighted by Crippen LogP contribution is -2.30. The number of alkyl halides is 1. The lowest BCUT2D eigenvalue weighted by Gasteiger charge is -2.14. The molecule has 1 saturated carbocycles. The van der Waals surface area contributed by atoms with Gasteiger partial charge in [-0.15, -0.1) is 11.6 Å². The zero-order valence-corrected chi connectivity index (χ0v) is 11.4. The van der Waals surface area contributed by atoms with E-state index in [2.05, 4.69) is 5.32 Å². The Balaban J connectivity index is 1.98. The van der Waals surface area contributed by atoms with Gasteiger partial charge in [0.25, 0.3) is 5.91 Å². The highest BCUT2D eigenvalue weighted by Gasteiger charge is 2.41. The summed E-state index contributed by atoms with van der Waals surface area (Å²) in [7, 11) is 0. The van der Waals surface area contributed by atoms with Gasteiger partial charge in [0.05, 0.1) is 10.6 Å². The summed E-state index contributed by atoms with van der Waals surface area (Å²) in [6.45, 7) is 0.616. The van der Waals surface area contributed by atoms with Crippen LogP contribution >= 0.6 is 23.2 Å². The van der Waals surface area contributed by atoms with Crippen molar-refractivity contribution < 1.29 is 9.90 Å². The number of phenolic OH excluding ortho intramolecular Hbond substituents is 1. The summed E-state index contributed by atoms with van der Waals surface area (Å²) in [5.74, 6) is 0.395. The van der Waals surface area contributed by atoms with Crippen LogP contribution in [0.4, 0.5) is 0 Å². The number of rotatable bonds is 5. The molecule has 1 aliphatic carbocycles. The van der Waals surface area contributed by atoms with E-state index in [0.717, 1.165) is 19.3 Å². The van der Waals surface area contributed by atoms with Crippen LogP contribution in [0.1, 0.15) is 29.6 Å². The Morgan fingerprint density at radius 1 is 1.44 bits per heavy atom. The van der Waals surface area contributed by atoms with E-state index in [1.807, 2.05) is 0 Å². The number of amides is 1. The van der Waals surface area contributed by atoms with Crippen molar-refractivity contribution in [2.75, 3.05) is 12.4 Å². The molecule has 98 valence electrons. The highest BCUT2D eigenvalue weighted by molar-refractivity contribution is 6.33. The molecule has 5 heteroatoms. The molecule has 1 aromatic carbocycles. The van der Waals surface area contributed by atoms with E-state index >= 15 is 0 Å². The van der Waals surface area contributed by atoms with Gasteiger partial charge < -0.3 is 10.4 Å². The molecule has 3 nitrogen and oxygen atoms in total. The second-order valence-corrected chi connectivity index (χ2v) is 5.57. The summed E-state index contributed by atoms with van der Waals surface area (Å²) < 4.78 is 0. The second kappa shape index (κ2) is 5.37. The maximum atomic E-state index is 12.0. The van der Waals surface area contributed by atoms with E-state index in [9.17, 15) is 9.90 Å². The maximum Gasteiger partial charge on any atom is 0.252 e. The van der Waals surface area contributed by atoms with Gasteiger partial charge in [0.1, 0.15) is 5.75 Å². The SMILES string of the molecule is O=C(NCC1(CCCl)CC1)c1cc(O)ccc1Cl. The van der Waals surface area contributed by atoms with Gasteiger partial charge in [-0.05, 0) is 42.9 Å². The zero-order valence-electron chi connectivity index (χ0n) is 9.88. The Bertz CT molecular complexity index is 458. The van der Waals surface area contributed by atoms with Crippen molar-refractivity contribution in [3.63, 3.8) is 0 Å². The Hall–Kier alpha value is -0.930. The van der Waals surface area contributed by atoms with Gasteiger partial charge in [0.2, 0.25) is 0 Å². The molecular weight excluding hydrogens is 273 g/mol. The van der Waals surface area contributed by atoms with Crippen molar-refractivity contribution in [1.82, 2.24) is 5.32 Å². The largest absolute Gasteiger partial charge is 0.508 e. The third kappa shape index (κ3) is 3.09. The Morgan fingerprint density at radius 3 is 2.78 bits per heavy atom. The van der Waals surface area contributed by atoms with Crippen LogP contribution in [0, 0.1) is 5.41 Å². The molecular formula is C13H15Cl2NO2. The van der Waals surface area contributed by atoms with Crippen LogP contribution in [0.5, 0.6) is 5.75 Å². The molecule has 0 bridgehead atoms. The maximum absolute atomic E-state index is 12.0. The average Bonchev–Trinajstić information content (AvgIpc) is 3.10. The van der Waals surface area contributed by atoms with E-state index in [1.165, 1.54) is 18.2 Å². The summed E-state index contributed by atoms with van der Waals surface area (Å²) >= 11 is 11.7. The van der Waals surface area contributed by atoms with Gasteiger partial charge in [-0.2, -0.15) is 0 Å². The first-order valence-electron chi connectivity index (χ1n) is 5.89. The lowest BCUT2D eigenvalue weighted by atomic mass is 10.0. The Kier molecular flexibility index (Phi) is 4.03. The summed E-state index contributed by atoms with van der Waals surface area (Å²) in [5, 5.41) is 12.6. The van der Waals surface area contributed by atoms with Crippen LogP contribution in [-0.2, 0) is 0 Å². The van der Waals surface area contributed by atoms with Gasteiger partial charge in [0.15, 0.2) is 0 Å². The number of nitrogens with one attached hydrogen (secondary N) is 1. The van der Waals surface area contributed by atoms with Gasteiger partial charge in [-0.3, -0.25) is 4.79 Å². The minimum Gasteiger partial charge on any atom is -0.508 e. The van der Waals surface area contributed by atoms with Crippen LogP contribution < -0.4 is 5.32 Å². The van der Waals surface area contributed by atoms with Crippen molar-refractivity contribution in [1.29, 1.82) is 0 Å². The number of aromatic hydroxyl groups is 1. The van der Waals surface area contributed by atoms with Crippen LogP contribution in [0.15, 0.2) is 18.2 Å². The molecule has 0 unspecified atom stereocenters. The van der Waals surface area contributed by atoms with Crippen LogP contribution in [-0.4, -0.2) is 23.4 Å². The lowest BCUT2D eigenvalue weighted by molar-refractivity contribution is 0.0944. The number of hydrogen-bond donors (Lipinski definition) is 2. The molecule has 1 amide bonds. The number of hydrogen-bond acceptors (Lipinski definition) is 2. The molecule has 1 aromatic rings. The van der Waals surface area contributed by atoms with E-state index in [0.29, 0.717) is 23.0 Å². The number of phenols is 1. The molecule has 2 rings (SSSR count). The monoisotopic (exact) mass is 287 g/mol. The fraction of sp³-hybridized carbons (Fsp3) is 0.462. The number of carbonyl (C=O) groups excluding carboxylic acids is 1. The number of halogens is 2. The van der Waals surface area contributed by atoms with Gasteiger partial charge in [-0.25, -0.2) is 0 Å². The number of benzene rings is 1. The molecule has 0 heterocycles. The van der Waals surface area contributed by atoms with Crippen molar-refractivity contribution in [3.05, 3.63) is 28.8 Å². The minimum absolute atomic E-state index is 0.0337. The summed E-state index contributed by atoms with van der Waals surface area (Å²) in [6, 6.07) is 4.34. The first kappa shape index (κ1) is 13.5. The fourth-order valence-corrected chi connectivity index (χ4v) is 2.55. The molecule has 0 aliphatic heterocycles. The van der Waals surface area contributed by atoms with Crippen molar-refractivity contribution in [3.8, 4) is 5.75 Å². The molecule has 18 heavy (non-hydrogen) atoms. The smallest absolute Gasteiger partial charge is 0.252 e. The van der Waals surface area contributed by atoms with E-state index in [-0.39, 0.29) is 17.1 Å². The molecule has 2 N–H and O–H groups in total. The first-order chi connectivity index (χ1) is 8.56. The van der Waals surface area contributed by atoms with Crippen molar-refractivity contribution >= 4 is 29.1 Å². The van der Waals surface area contributed by atoms with Gasteiger partial charge in [0, 0.05) is 12.4 Å². The summed E-state index contributed by atoms with van der Waals surface area (Å²) in [4.78, 5) is 12.0. The zero-order chi connectivity index (χ0) is 13.2. The fourth-order valence-electron chi connectivity index (χ4n) is 1.94.